The molecule has 0 heterocycles. The molecular weight excluding hydrogens is 150 g/mol. The normalized spacial score (nSPS) is 18.6. The second kappa shape index (κ2) is 3.64. The smallest absolute Gasteiger partial charge is 0.217 e. The lowest BCUT2D eigenvalue weighted by Gasteiger charge is -2.27. The van der Waals surface area contributed by atoms with Crippen LogP contribution in [-0.4, -0.2) is 12.8 Å². The van der Waals surface area contributed by atoms with Gasteiger partial charge in [-0.2, -0.15) is 4.20 Å². The van der Waals surface area contributed by atoms with Crippen LogP contribution in [-0.2, 0) is 4.52 Å². The SMILES string of the molecule is CC(OP(C)F)C(C)(C)C. The Hall–Kier alpha value is 0.320. The van der Waals surface area contributed by atoms with Gasteiger partial charge in [-0.25, -0.2) is 0 Å². The maximum Gasteiger partial charge on any atom is 0.217 e. The molecule has 0 radical (unpaired) electrons. The first kappa shape index (κ1) is 10.3. The van der Waals surface area contributed by atoms with E-state index < -0.39 is 8.46 Å². The fourth-order valence-electron chi connectivity index (χ4n) is 0.376. The summed E-state index contributed by atoms with van der Waals surface area (Å²) in [5, 5.41) is 0. The molecule has 0 bridgehead atoms. The van der Waals surface area contributed by atoms with Crippen molar-refractivity contribution in [2.24, 2.45) is 5.41 Å². The molecule has 0 aliphatic heterocycles. The summed E-state index contributed by atoms with van der Waals surface area (Å²) in [6, 6.07) is 0. The van der Waals surface area contributed by atoms with Crippen molar-refractivity contribution in [1.82, 2.24) is 0 Å². The Morgan fingerprint density at radius 3 is 1.90 bits per heavy atom. The summed E-state index contributed by atoms with van der Waals surface area (Å²) in [7, 11) is -1.70. The van der Waals surface area contributed by atoms with E-state index in [1.165, 1.54) is 6.66 Å². The number of halogens is 1. The monoisotopic (exact) mass is 166 g/mol. The summed E-state index contributed by atoms with van der Waals surface area (Å²) >= 11 is 0. The van der Waals surface area contributed by atoms with Gasteiger partial charge in [-0.15, -0.1) is 0 Å². The van der Waals surface area contributed by atoms with Gasteiger partial charge in [-0.1, -0.05) is 20.8 Å². The largest absolute Gasteiger partial charge is 0.327 e. The molecule has 1 nitrogen and oxygen atoms in total. The fourth-order valence-corrected chi connectivity index (χ4v) is 1.13. The van der Waals surface area contributed by atoms with E-state index in [9.17, 15) is 4.20 Å². The Labute approximate surface area is 63.9 Å². The molecule has 0 saturated carbocycles. The van der Waals surface area contributed by atoms with Crippen LogP contribution < -0.4 is 0 Å². The highest BCUT2D eigenvalue weighted by Crippen LogP contribution is 2.39. The molecule has 3 heteroatoms. The minimum atomic E-state index is -1.70. The van der Waals surface area contributed by atoms with E-state index in [-0.39, 0.29) is 11.5 Å². The Kier molecular flexibility index (Phi) is 3.75. The van der Waals surface area contributed by atoms with Crippen LogP contribution >= 0.6 is 8.46 Å². The van der Waals surface area contributed by atoms with Crippen molar-refractivity contribution < 1.29 is 8.72 Å². The minimum absolute atomic E-state index is 0.00592. The number of hydrogen-bond acceptors (Lipinski definition) is 1. The molecule has 2 unspecified atom stereocenters. The zero-order valence-corrected chi connectivity index (χ0v) is 8.21. The first-order valence-electron chi connectivity index (χ1n) is 3.40. The van der Waals surface area contributed by atoms with Crippen molar-refractivity contribution in [3.8, 4) is 0 Å². The molecule has 0 fully saturated rings. The molecule has 0 saturated heterocycles. The Balaban J connectivity index is 3.73. The zero-order chi connectivity index (χ0) is 8.36. The van der Waals surface area contributed by atoms with Crippen LogP contribution in [0.2, 0.25) is 0 Å². The first-order chi connectivity index (χ1) is 4.34. The lowest BCUT2D eigenvalue weighted by atomic mass is 9.91. The molecule has 0 aliphatic carbocycles. The van der Waals surface area contributed by atoms with E-state index in [1.54, 1.807) is 0 Å². The lowest BCUT2D eigenvalue weighted by molar-refractivity contribution is 0.112. The van der Waals surface area contributed by atoms with Crippen LogP contribution in [0.4, 0.5) is 4.20 Å². The second-order valence-corrected chi connectivity index (χ2v) is 4.59. The van der Waals surface area contributed by atoms with Crippen molar-refractivity contribution in [1.29, 1.82) is 0 Å². The summed E-state index contributed by atoms with van der Waals surface area (Å²) in [5.41, 5.74) is 0.0443. The van der Waals surface area contributed by atoms with E-state index in [2.05, 4.69) is 0 Å². The van der Waals surface area contributed by atoms with Crippen molar-refractivity contribution >= 4 is 8.46 Å². The molecule has 0 aliphatic rings. The van der Waals surface area contributed by atoms with Gasteiger partial charge < -0.3 is 4.52 Å². The molecule has 0 aromatic rings. The molecule has 0 N–H and O–H groups in total. The molecule has 0 spiro atoms. The predicted molar refractivity (Wildman–Crippen MR) is 44.0 cm³/mol. The molecule has 2 atom stereocenters. The molecule has 10 heavy (non-hydrogen) atoms. The molecule has 0 amide bonds. The molecule has 0 aromatic carbocycles. The average Bonchev–Trinajstić information content (AvgIpc) is 1.60. The third kappa shape index (κ3) is 4.19. The summed E-state index contributed by atoms with van der Waals surface area (Å²) in [6.07, 6.45) is -0.00592. The highest BCUT2D eigenvalue weighted by Gasteiger charge is 2.22. The highest BCUT2D eigenvalue weighted by molar-refractivity contribution is 7.45. The van der Waals surface area contributed by atoms with Crippen molar-refractivity contribution in [2.75, 3.05) is 6.66 Å². The van der Waals surface area contributed by atoms with Gasteiger partial charge in [0.1, 0.15) is 0 Å². The van der Waals surface area contributed by atoms with Crippen molar-refractivity contribution in [2.45, 2.75) is 33.8 Å². The summed E-state index contributed by atoms with van der Waals surface area (Å²) < 4.78 is 17.3. The second-order valence-electron chi connectivity index (χ2n) is 3.53. The van der Waals surface area contributed by atoms with Crippen LogP contribution in [0.1, 0.15) is 27.7 Å². The van der Waals surface area contributed by atoms with E-state index in [1.807, 2.05) is 27.7 Å². The molecule has 0 rings (SSSR count). The molecule has 0 aromatic heterocycles. The van der Waals surface area contributed by atoms with Crippen LogP contribution in [0.3, 0.4) is 0 Å². The van der Waals surface area contributed by atoms with Gasteiger partial charge in [0, 0.05) is 6.66 Å². The van der Waals surface area contributed by atoms with Crippen LogP contribution in [0, 0.1) is 5.41 Å². The third-order valence-electron chi connectivity index (χ3n) is 1.52. The fraction of sp³-hybridized carbons (Fsp3) is 1.00. The van der Waals surface area contributed by atoms with E-state index in [0.29, 0.717) is 0 Å². The van der Waals surface area contributed by atoms with Crippen molar-refractivity contribution in [3.05, 3.63) is 0 Å². The standard InChI is InChI=1S/C7H16FOP/c1-6(7(2,3)4)9-10(5)8/h6H,1-5H3. The maximum atomic E-state index is 12.3. The Bertz CT molecular complexity index is 98.3. The van der Waals surface area contributed by atoms with Crippen LogP contribution in [0.5, 0.6) is 0 Å². The first-order valence-corrected chi connectivity index (χ1v) is 5.00. The summed E-state index contributed by atoms with van der Waals surface area (Å²) in [6.45, 7) is 9.49. The Morgan fingerprint density at radius 1 is 1.40 bits per heavy atom. The van der Waals surface area contributed by atoms with Gasteiger partial charge in [0.15, 0.2) is 0 Å². The lowest BCUT2D eigenvalue weighted by Crippen LogP contribution is -2.23. The topological polar surface area (TPSA) is 9.23 Å². The molecular formula is C7H16FOP. The average molecular weight is 166 g/mol. The van der Waals surface area contributed by atoms with Gasteiger partial charge in [0.05, 0.1) is 6.10 Å². The van der Waals surface area contributed by atoms with Crippen molar-refractivity contribution in [3.63, 3.8) is 0 Å². The summed E-state index contributed by atoms with van der Waals surface area (Å²) in [5.74, 6) is 0. The van der Waals surface area contributed by atoms with Gasteiger partial charge in [0.2, 0.25) is 8.46 Å². The number of rotatable bonds is 2. The zero-order valence-electron chi connectivity index (χ0n) is 7.31. The summed E-state index contributed by atoms with van der Waals surface area (Å²) in [4.78, 5) is 0. The third-order valence-corrected chi connectivity index (χ3v) is 2.13. The minimum Gasteiger partial charge on any atom is -0.327 e. The van der Waals surface area contributed by atoms with E-state index >= 15 is 0 Å². The van der Waals surface area contributed by atoms with Crippen LogP contribution in [0.15, 0.2) is 0 Å². The Morgan fingerprint density at radius 2 is 1.80 bits per heavy atom. The maximum absolute atomic E-state index is 12.3. The van der Waals surface area contributed by atoms with Gasteiger partial charge >= 0.3 is 0 Å². The van der Waals surface area contributed by atoms with E-state index in [4.69, 9.17) is 4.52 Å². The van der Waals surface area contributed by atoms with Gasteiger partial charge in [0.25, 0.3) is 0 Å². The number of hydrogen-bond donors (Lipinski definition) is 0. The quantitative estimate of drug-likeness (QED) is 0.571. The van der Waals surface area contributed by atoms with Gasteiger partial charge in [-0.3, -0.25) is 0 Å². The molecule has 62 valence electrons. The van der Waals surface area contributed by atoms with Crippen LogP contribution in [0.25, 0.3) is 0 Å². The van der Waals surface area contributed by atoms with E-state index in [0.717, 1.165) is 0 Å². The van der Waals surface area contributed by atoms with Gasteiger partial charge in [-0.05, 0) is 12.3 Å². The predicted octanol–water partition coefficient (Wildman–Crippen LogP) is 3.35. The highest BCUT2D eigenvalue weighted by atomic mass is 31.2.